The van der Waals surface area contributed by atoms with Crippen molar-refractivity contribution < 1.29 is 9.90 Å². The van der Waals surface area contributed by atoms with Crippen LogP contribution >= 0.6 is 0 Å². The number of carbonyl (C=O) groups excluding carboxylic acids is 1. The molecule has 0 radical (unpaired) electrons. The Balaban J connectivity index is 2.71. The summed E-state index contributed by atoms with van der Waals surface area (Å²) in [7, 11) is 3.99. The summed E-state index contributed by atoms with van der Waals surface area (Å²) in [5, 5.41) is 9.70. The fourth-order valence-corrected chi connectivity index (χ4v) is 2.50. The van der Waals surface area contributed by atoms with E-state index in [1.54, 1.807) is 0 Å². The fourth-order valence-electron chi connectivity index (χ4n) is 2.50. The van der Waals surface area contributed by atoms with Crippen LogP contribution in [-0.2, 0) is 4.79 Å². The number of hydrogen-bond donors (Lipinski definition) is 2. The maximum absolute atomic E-state index is 11.3. The van der Waals surface area contributed by atoms with Crippen LogP contribution in [0.15, 0.2) is 0 Å². The Morgan fingerprint density at radius 3 is 2.69 bits per heavy atom. The first kappa shape index (κ1) is 13.4. The van der Waals surface area contributed by atoms with Crippen LogP contribution in [0.2, 0.25) is 0 Å². The number of amides is 1. The zero-order valence-corrected chi connectivity index (χ0v) is 10.4. The van der Waals surface area contributed by atoms with E-state index < -0.39 is 0 Å². The highest BCUT2D eigenvalue weighted by Crippen LogP contribution is 2.22. The van der Waals surface area contributed by atoms with Crippen molar-refractivity contribution >= 4 is 5.91 Å². The molecule has 0 aromatic carbocycles. The number of rotatable bonds is 5. The molecule has 1 rings (SSSR count). The van der Waals surface area contributed by atoms with Gasteiger partial charge in [0.1, 0.15) is 0 Å². The molecular formula is C11H23N3O2. The van der Waals surface area contributed by atoms with Crippen LogP contribution in [0.1, 0.15) is 19.8 Å². The number of aliphatic hydroxyl groups excluding tert-OH is 1. The molecule has 16 heavy (non-hydrogen) atoms. The van der Waals surface area contributed by atoms with Crippen LogP contribution in [0.4, 0.5) is 0 Å². The minimum Gasteiger partial charge on any atom is -0.392 e. The lowest BCUT2D eigenvalue weighted by Gasteiger charge is -2.31. The first-order chi connectivity index (χ1) is 7.45. The molecule has 0 saturated carbocycles. The normalized spacial score (nSPS) is 28.6. The summed E-state index contributed by atoms with van der Waals surface area (Å²) >= 11 is 0. The van der Waals surface area contributed by atoms with Gasteiger partial charge < -0.3 is 15.7 Å². The Morgan fingerprint density at radius 1 is 1.62 bits per heavy atom. The molecule has 94 valence electrons. The van der Waals surface area contributed by atoms with E-state index in [0.29, 0.717) is 13.0 Å². The highest BCUT2D eigenvalue weighted by Gasteiger charge is 2.37. The molecule has 0 aliphatic carbocycles. The predicted octanol–water partition coefficient (Wildman–Crippen LogP) is -0.753. The summed E-state index contributed by atoms with van der Waals surface area (Å²) in [6, 6.07) is -0.0236. The lowest BCUT2D eigenvalue weighted by molar-refractivity contribution is -0.123. The molecule has 1 amide bonds. The summed E-state index contributed by atoms with van der Waals surface area (Å²) in [5.41, 5.74) is 5.39. The second-order valence-electron chi connectivity index (χ2n) is 4.83. The van der Waals surface area contributed by atoms with Gasteiger partial charge in [-0.2, -0.15) is 0 Å². The maximum atomic E-state index is 11.3. The summed E-state index contributed by atoms with van der Waals surface area (Å²) in [5.74, 6) is -0.291. The lowest BCUT2D eigenvalue weighted by Crippen LogP contribution is -2.49. The Morgan fingerprint density at radius 2 is 2.25 bits per heavy atom. The molecule has 1 saturated heterocycles. The Labute approximate surface area is 97.2 Å². The standard InChI is InChI=1S/C11H23N3O2/c1-4-10(11(12)16)14-7-9(15)5-8(14)6-13(2)3/h8-10,15H,4-7H2,1-3H3,(H2,12,16). The number of primary amides is 1. The first-order valence-electron chi connectivity index (χ1n) is 5.83. The SMILES string of the molecule is CCC(C(N)=O)N1CC(O)CC1CN(C)C. The maximum Gasteiger partial charge on any atom is 0.234 e. The fraction of sp³-hybridized carbons (Fsp3) is 0.909. The molecule has 3 unspecified atom stereocenters. The number of nitrogens with two attached hydrogens (primary N) is 1. The quantitative estimate of drug-likeness (QED) is 0.650. The Hall–Kier alpha value is -0.650. The molecule has 0 bridgehead atoms. The van der Waals surface area contributed by atoms with Crippen LogP contribution < -0.4 is 5.73 Å². The molecule has 1 fully saturated rings. The molecule has 0 aromatic rings. The van der Waals surface area contributed by atoms with Crippen LogP contribution in [0.3, 0.4) is 0 Å². The van der Waals surface area contributed by atoms with Crippen LogP contribution in [0.5, 0.6) is 0 Å². The van der Waals surface area contributed by atoms with Crippen LogP contribution in [-0.4, -0.2) is 66.2 Å². The number of hydrogen-bond acceptors (Lipinski definition) is 4. The molecule has 0 spiro atoms. The predicted molar refractivity (Wildman–Crippen MR) is 62.9 cm³/mol. The number of likely N-dealkylation sites (N-methyl/N-ethyl adjacent to an activating group) is 1. The molecule has 1 aliphatic heterocycles. The topological polar surface area (TPSA) is 69.8 Å². The van der Waals surface area contributed by atoms with E-state index >= 15 is 0 Å². The van der Waals surface area contributed by atoms with Crippen LogP contribution in [0, 0.1) is 0 Å². The van der Waals surface area contributed by atoms with Crippen molar-refractivity contribution in [3.8, 4) is 0 Å². The van der Waals surface area contributed by atoms with Gasteiger partial charge in [-0.25, -0.2) is 0 Å². The third-order valence-electron chi connectivity index (χ3n) is 3.13. The summed E-state index contributed by atoms with van der Waals surface area (Å²) in [6.45, 7) is 3.35. The third-order valence-corrected chi connectivity index (χ3v) is 3.13. The molecule has 1 aliphatic rings. The van der Waals surface area contributed by atoms with Crippen molar-refractivity contribution in [2.24, 2.45) is 5.73 Å². The van der Waals surface area contributed by atoms with E-state index in [1.807, 2.05) is 25.9 Å². The number of likely N-dealkylation sites (tertiary alicyclic amines) is 1. The number of aliphatic hydroxyl groups is 1. The Kier molecular flexibility index (Phi) is 4.70. The molecule has 5 heteroatoms. The molecule has 1 heterocycles. The van der Waals surface area contributed by atoms with Gasteiger partial charge in [0, 0.05) is 19.1 Å². The number of carbonyl (C=O) groups is 1. The second-order valence-corrected chi connectivity index (χ2v) is 4.83. The van der Waals surface area contributed by atoms with E-state index in [1.165, 1.54) is 0 Å². The number of nitrogens with zero attached hydrogens (tertiary/aromatic N) is 2. The van der Waals surface area contributed by atoms with E-state index in [9.17, 15) is 9.90 Å². The van der Waals surface area contributed by atoms with Gasteiger partial charge in [-0.05, 0) is 26.9 Å². The van der Waals surface area contributed by atoms with Gasteiger partial charge in [0.2, 0.25) is 5.91 Å². The highest BCUT2D eigenvalue weighted by molar-refractivity contribution is 5.79. The summed E-state index contributed by atoms with van der Waals surface area (Å²) < 4.78 is 0. The van der Waals surface area contributed by atoms with Crippen molar-refractivity contribution in [2.45, 2.75) is 38.0 Å². The molecule has 5 nitrogen and oxygen atoms in total. The third kappa shape index (κ3) is 3.17. The van der Waals surface area contributed by atoms with Gasteiger partial charge in [-0.3, -0.25) is 9.69 Å². The molecule has 0 aromatic heterocycles. The minimum atomic E-state index is -0.335. The van der Waals surface area contributed by atoms with E-state index in [-0.39, 0.29) is 24.1 Å². The van der Waals surface area contributed by atoms with Crippen molar-refractivity contribution in [3.63, 3.8) is 0 Å². The minimum absolute atomic E-state index is 0.224. The van der Waals surface area contributed by atoms with Gasteiger partial charge in [0.15, 0.2) is 0 Å². The molecular weight excluding hydrogens is 206 g/mol. The average molecular weight is 229 g/mol. The van der Waals surface area contributed by atoms with E-state index in [4.69, 9.17) is 5.73 Å². The van der Waals surface area contributed by atoms with Crippen molar-refractivity contribution in [2.75, 3.05) is 27.2 Å². The lowest BCUT2D eigenvalue weighted by atomic mass is 10.1. The zero-order chi connectivity index (χ0) is 12.3. The van der Waals surface area contributed by atoms with Crippen molar-refractivity contribution in [1.82, 2.24) is 9.80 Å². The van der Waals surface area contributed by atoms with Gasteiger partial charge in [-0.1, -0.05) is 6.92 Å². The Bertz CT molecular complexity index is 245. The average Bonchev–Trinajstić information content (AvgIpc) is 2.46. The zero-order valence-electron chi connectivity index (χ0n) is 10.4. The van der Waals surface area contributed by atoms with E-state index in [2.05, 4.69) is 4.90 Å². The van der Waals surface area contributed by atoms with Crippen molar-refractivity contribution in [3.05, 3.63) is 0 Å². The van der Waals surface area contributed by atoms with Crippen molar-refractivity contribution in [1.29, 1.82) is 0 Å². The van der Waals surface area contributed by atoms with Gasteiger partial charge in [0.05, 0.1) is 12.1 Å². The monoisotopic (exact) mass is 229 g/mol. The smallest absolute Gasteiger partial charge is 0.234 e. The summed E-state index contributed by atoms with van der Waals surface area (Å²) in [6.07, 6.45) is 1.09. The van der Waals surface area contributed by atoms with E-state index in [0.717, 1.165) is 13.0 Å². The van der Waals surface area contributed by atoms with Gasteiger partial charge >= 0.3 is 0 Å². The summed E-state index contributed by atoms with van der Waals surface area (Å²) in [4.78, 5) is 15.5. The van der Waals surface area contributed by atoms with Gasteiger partial charge in [-0.15, -0.1) is 0 Å². The van der Waals surface area contributed by atoms with Gasteiger partial charge in [0.25, 0.3) is 0 Å². The highest BCUT2D eigenvalue weighted by atomic mass is 16.3. The first-order valence-corrected chi connectivity index (χ1v) is 5.83. The second kappa shape index (κ2) is 5.61. The number of β-amino-alcohol motifs (C(OH)–C–C–N with tert-alkyl or cyclic N) is 1. The van der Waals surface area contributed by atoms with Crippen LogP contribution in [0.25, 0.3) is 0 Å². The molecule has 3 atom stereocenters. The molecule has 3 N–H and O–H groups in total. The largest absolute Gasteiger partial charge is 0.392 e.